The van der Waals surface area contributed by atoms with Crippen LogP contribution in [0.2, 0.25) is 0 Å². The number of piperidine rings is 1. The van der Waals surface area contributed by atoms with E-state index in [4.69, 9.17) is 4.42 Å². The molecule has 0 bridgehead atoms. The lowest BCUT2D eigenvalue weighted by Gasteiger charge is -2.35. The Labute approximate surface area is 90.1 Å². The highest BCUT2D eigenvalue weighted by Crippen LogP contribution is 2.27. The second kappa shape index (κ2) is 4.09. The molecule has 2 heterocycles. The van der Waals surface area contributed by atoms with Gasteiger partial charge in [0.1, 0.15) is 0 Å². The molecule has 2 unspecified atom stereocenters. The Hall–Kier alpha value is -1.25. The lowest BCUT2D eigenvalue weighted by molar-refractivity contribution is 0.110. The maximum atomic E-state index is 10.5. The van der Waals surface area contributed by atoms with Crippen LogP contribution < -0.4 is 4.90 Å². The molecule has 1 aromatic rings. The molecule has 0 radical (unpaired) electrons. The fourth-order valence-corrected chi connectivity index (χ4v) is 2.04. The van der Waals surface area contributed by atoms with Crippen molar-refractivity contribution in [2.24, 2.45) is 11.8 Å². The van der Waals surface area contributed by atoms with Gasteiger partial charge in [0.2, 0.25) is 0 Å². The van der Waals surface area contributed by atoms with Gasteiger partial charge in [0.25, 0.3) is 0 Å². The normalized spacial score (nSPS) is 26.7. The van der Waals surface area contributed by atoms with E-state index in [1.54, 1.807) is 6.07 Å². The van der Waals surface area contributed by atoms with Crippen LogP contribution >= 0.6 is 0 Å². The van der Waals surface area contributed by atoms with Crippen LogP contribution in [0.4, 0.5) is 5.88 Å². The van der Waals surface area contributed by atoms with Crippen molar-refractivity contribution in [2.45, 2.75) is 20.3 Å². The monoisotopic (exact) mass is 207 g/mol. The minimum Gasteiger partial charge on any atom is -0.438 e. The molecule has 2 rings (SSSR count). The van der Waals surface area contributed by atoms with E-state index in [1.807, 2.05) is 6.07 Å². The van der Waals surface area contributed by atoms with Crippen molar-refractivity contribution in [3.05, 3.63) is 17.9 Å². The molecule has 0 saturated carbocycles. The topological polar surface area (TPSA) is 33.5 Å². The predicted octanol–water partition coefficient (Wildman–Crippen LogP) is 2.57. The molecule has 0 aliphatic carbocycles. The van der Waals surface area contributed by atoms with Crippen LogP contribution in [0.15, 0.2) is 16.5 Å². The molecule has 3 heteroatoms. The van der Waals surface area contributed by atoms with E-state index >= 15 is 0 Å². The van der Waals surface area contributed by atoms with Crippen molar-refractivity contribution in [1.29, 1.82) is 0 Å². The summed E-state index contributed by atoms with van der Waals surface area (Å²) in [4.78, 5) is 12.7. The molecule has 0 N–H and O–H groups in total. The summed E-state index contributed by atoms with van der Waals surface area (Å²) in [6, 6.07) is 3.61. The third kappa shape index (κ3) is 2.06. The predicted molar refractivity (Wildman–Crippen MR) is 59.3 cm³/mol. The third-order valence-electron chi connectivity index (χ3n) is 3.37. The van der Waals surface area contributed by atoms with Crippen LogP contribution in [0.3, 0.4) is 0 Å². The standard InChI is InChI=1S/C12H17NO2/c1-9-5-6-13(7-10(9)2)12-4-3-11(8-14)15-12/h3-4,8-10H,5-7H2,1-2H3. The number of carbonyl (C=O) groups is 1. The van der Waals surface area contributed by atoms with E-state index in [0.29, 0.717) is 11.7 Å². The van der Waals surface area contributed by atoms with Crippen LogP contribution in [0.25, 0.3) is 0 Å². The Morgan fingerprint density at radius 1 is 1.40 bits per heavy atom. The van der Waals surface area contributed by atoms with E-state index in [9.17, 15) is 4.79 Å². The molecule has 1 aliphatic heterocycles. The van der Waals surface area contributed by atoms with E-state index < -0.39 is 0 Å². The number of aldehydes is 1. The first-order valence-electron chi connectivity index (χ1n) is 5.50. The number of hydrogen-bond donors (Lipinski definition) is 0. The molecular weight excluding hydrogens is 190 g/mol. The number of rotatable bonds is 2. The molecule has 82 valence electrons. The van der Waals surface area contributed by atoms with Gasteiger partial charge in [-0.25, -0.2) is 0 Å². The zero-order chi connectivity index (χ0) is 10.8. The molecule has 2 atom stereocenters. The summed E-state index contributed by atoms with van der Waals surface area (Å²) >= 11 is 0. The smallest absolute Gasteiger partial charge is 0.196 e. The maximum Gasteiger partial charge on any atom is 0.196 e. The third-order valence-corrected chi connectivity index (χ3v) is 3.37. The largest absolute Gasteiger partial charge is 0.438 e. The minimum atomic E-state index is 0.413. The van der Waals surface area contributed by atoms with Gasteiger partial charge in [-0.05, 0) is 24.3 Å². The SMILES string of the molecule is CC1CCN(c2ccc(C=O)o2)CC1C. The summed E-state index contributed by atoms with van der Waals surface area (Å²) in [5.74, 6) is 2.71. The first kappa shape index (κ1) is 10.3. The van der Waals surface area contributed by atoms with Crippen LogP contribution in [0.1, 0.15) is 30.8 Å². The van der Waals surface area contributed by atoms with E-state index in [-0.39, 0.29) is 0 Å². The summed E-state index contributed by atoms with van der Waals surface area (Å²) < 4.78 is 5.41. The van der Waals surface area contributed by atoms with Crippen molar-refractivity contribution in [2.75, 3.05) is 18.0 Å². The van der Waals surface area contributed by atoms with Gasteiger partial charge in [-0.3, -0.25) is 4.79 Å². The number of furan rings is 1. The number of carbonyl (C=O) groups excluding carboxylic acids is 1. The number of hydrogen-bond acceptors (Lipinski definition) is 3. The quantitative estimate of drug-likeness (QED) is 0.699. The van der Waals surface area contributed by atoms with Gasteiger partial charge in [-0.1, -0.05) is 13.8 Å². The van der Waals surface area contributed by atoms with Crippen LogP contribution in [-0.4, -0.2) is 19.4 Å². The van der Waals surface area contributed by atoms with Crippen molar-refractivity contribution in [3.63, 3.8) is 0 Å². The zero-order valence-electron chi connectivity index (χ0n) is 9.27. The van der Waals surface area contributed by atoms with Crippen molar-refractivity contribution >= 4 is 12.2 Å². The van der Waals surface area contributed by atoms with Gasteiger partial charge in [-0.2, -0.15) is 0 Å². The molecule has 1 aromatic heterocycles. The van der Waals surface area contributed by atoms with Gasteiger partial charge in [0.05, 0.1) is 0 Å². The molecular formula is C12H17NO2. The Morgan fingerprint density at radius 3 is 2.80 bits per heavy atom. The molecule has 3 nitrogen and oxygen atoms in total. The Kier molecular flexibility index (Phi) is 2.80. The molecule has 15 heavy (non-hydrogen) atoms. The molecule has 1 aliphatic rings. The second-order valence-electron chi connectivity index (χ2n) is 4.48. The second-order valence-corrected chi connectivity index (χ2v) is 4.48. The fraction of sp³-hybridized carbons (Fsp3) is 0.583. The van der Waals surface area contributed by atoms with Gasteiger partial charge >= 0.3 is 0 Å². The number of nitrogens with zero attached hydrogens (tertiary/aromatic N) is 1. The summed E-state index contributed by atoms with van der Waals surface area (Å²) in [6.07, 6.45) is 1.94. The van der Waals surface area contributed by atoms with Gasteiger partial charge in [0, 0.05) is 19.2 Å². The highest BCUT2D eigenvalue weighted by molar-refractivity contribution is 5.71. The molecule has 0 amide bonds. The number of anilines is 1. The first-order valence-corrected chi connectivity index (χ1v) is 5.50. The summed E-state index contributed by atoms with van der Waals surface area (Å²) in [5.41, 5.74) is 0. The highest BCUT2D eigenvalue weighted by atomic mass is 16.4. The average molecular weight is 207 g/mol. The summed E-state index contributed by atoms with van der Waals surface area (Å²) in [5, 5.41) is 0. The Bertz CT molecular complexity index is 345. The van der Waals surface area contributed by atoms with E-state index in [2.05, 4.69) is 18.7 Å². The van der Waals surface area contributed by atoms with Crippen LogP contribution in [0.5, 0.6) is 0 Å². The van der Waals surface area contributed by atoms with Gasteiger partial charge < -0.3 is 9.32 Å². The highest BCUT2D eigenvalue weighted by Gasteiger charge is 2.24. The Balaban J connectivity index is 2.08. The lowest BCUT2D eigenvalue weighted by atomic mass is 9.89. The summed E-state index contributed by atoms with van der Waals surface area (Å²) in [7, 11) is 0. The molecule has 1 saturated heterocycles. The van der Waals surface area contributed by atoms with Crippen molar-refractivity contribution in [1.82, 2.24) is 0 Å². The van der Waals surface area contributed by atoms with Gasteiger partial charge in [-0.15, -0.1) is 0 Å². The summed E-state index contributed by atoms with van der Waals surface area (Å²) in [6.45, 7) is 6.60. The minimum absolute atomic E-state index is 0.413. The molecule has 1 fully saturated rings. The van der Waals surface area contributed by atoms with Gasteiger partial charge in [0.15, 0.2) is 17.9 Å². The zero-order valence-corrected chi connectivity index (χ0v) is 9.27. The average Bonchev–Trinajstić information content (AvgIpc) is 2.70. The fourth-order valence-electron chi connectivity index (χ4n) is 2.04. The van der Waals surface area contributed by atoms with Crippen molar-refractivity contribution in [3.8, 4) is 0 Å². The van der Waals surface area contributed by atoms with Crippen LogP contribution in [0, 0.1) is 11.8 Å². The van der Waals surface area contributed by atoms with E-state index in [1.165, 1.54) is 6.42 Å². The molecule has 0 aromatic carbocycles. The molecule has 0 spiro atoms. The van der Waals surface area contributed by atoms with Crippen LogP contribution in [-0.2, 0) is 0 Å². The Morgan fingerprint density at radius 2 is 2.20 bits per heavy atom. The first-order chi connectivity index (χ1) is 7.20. The van der Waals surface area contributed by atoms with E-state index in [0.717, 1.165) is 31.2 Å². The lowest BCUT2D eigenvalue weighted by Crippen LogP contribution is -2.38. The van der Waals surface area contributed by atoms with Crippen molar-refractivity contribution < 1.29 is 9.21 Å². The maximum absolute atomic E-state index is 10.5.